The first-order valence-corrected chi connectivity index (χ1v) is 6.03. The Hall–Kier alpha value is -2.09. The standard InChI is InChI=1S/C13H16N4O/c1-9-4-5-16-13(11(9)7-14)17-6-2-3-10(8-17)12(15)18/h4-5,10H,2-3,6,8H2,1H3,(H2,15,18). The van der Waals surface area contributed by atoms with E-state index in [0.717, 1.165) is 24.9 Å². The number of primary amides is 1. The molecule has 5 heteroatoms. The monoisotopic (exact) mass is 244 g/mol. The third kappa shape index (κ3) is 2.28. The molecule has 1 aliphatic heterocycles. The molecule has 1 saturated heterocycles. The predicted octanol–water partition coefficient (Wildman–Crippen LogP) is 0.963. The summed E-state index contributed by atoms with van der Waals surface area (Å²) < 4.78 is 0. The average molecular weight is 244 g/mol. The van der Waals surface area contributed by atoms with E-state index >= 15 is 0 Å². The minimum atomic E-state index is -0.272. The van der Waals surface area contributed by atoms with Gasteiger partial charge < -0.3 is 10.6 Å². The van der Waals surface area contributed by atoms with Crippen LogP contribution in [0.5, 0.6) is 0 Å². The highest BCUT2D eigenvalue weighted by molar-refractivity contribution is 5.77. The zero-order valence-corrected chi connectivity index (χ0v) is 10.4. The number of carbonyl (C=O) groups excluding carboxylic acids is 1. The van der Waals surface area contributed by atoms with E-state index in [9.17, 15) is 10.1 Å². The minimum Gasteiger partial charge on any atom is -0.369 e. The van der Waals surface area contributed by atoms with Crippen molar-refractivity contribution in [2.24, 2.45) is 11.7 Å². The van der Waals surface area contributed by atoms with Gasteiger partial charge in [-0.05, 0) is 31.4 Å². The van der Waals surface area contributed by atoms with Gasteiger partial charge in [-0.25, -0.2) is 4.98 Å². The summed E-state index contributed by atoms with van der Waals surface area (Å²) in [7, 11) is 0. The maximum Gasteiger partial charge on any atom is 0.222 e. The van der Waals surface area contributed by atoms with Crippen LogP contribution in [0.25, 0.3) is 0 Å². The van der Waals surface area contributed by atoms with E-state index in [0.29, 0.717) is 17.9 Å². The Balaban J connectivity index is 2.29. The van der Waals surface area contributed by atoms with Gasteiger partial charge in [-0.15, -0.1) is 0 Å². The second kappa shape index (κ2) is 5.05. The van der Waals surface area contributed by atoms with Gasteiger partial charge in [-0.3, -0.25) is 4.79 Å². The number of nitriles is 1. The van der Waals surface area contributed by atoms with Crippen LogP contribution < -0.4 is 10.6 Å². The number of nitrogens with two attached hydrogens (primary N) is 1. The Morgan fingerprint density at radius 1 is 1.67 bits per heavy atom. The zero-order chi connectivity index (χ0) is 13.1. The first-order valence-electron chi connectivity index (χ1n) is 6.03. The van der Waals surface area contributed by atoms with Gasteiger partial charge in [-0.2, -0.15) is 5.26 Å². The van der Waals surface area contributed by atoms with Crippen molar-refractivity contribution in [2.45, 2.75) is 19.8 Å². The number of hydrogen-bond acceptors (Lipinski definition) is 4. The molecular weight excluding hydrogens is 228 g/mol. The van der Waals surface area contributed by atoms with E-state index in [-0.39, 0.29) is 11.8 Å². The van der Waals surface area contributed by atoms with Crippen molar-refractivity contribution in [1.82, 2.24) is 4.98 Å². The summed E-state index contributed by atoms with van der Waals surface area (Å²) >= 11 is 0. The van der Waals surface area contributed by atoms with Crippen molar-refractivity contribution in [3.8, 4) is 6.07 Å². The molecule has 1 amide bonds. The number of rotatable bonds is 2. The molecule has 0 aliphatic carbocycles. The normalized spacial score (nSPS) is 19.3. The first kappa shape index (κ1) is 12.4. The molecule has 1 aromatic heterocycles. The largest absolute Gasteiger partial charge is 0.369 e. The summed E-state index contributed by atoms with van der Waals surface area (Å²) in [4.78, 5) is 17.5. The fourth-order valence-corrected chi connectivity index (χ4v) is 2.32. The third-order valence-electron chi connectivity index (χ3n) is 3.37. The molecule has 1 aromatic rings. The fraction of sp³-hybridized carbons (Fsp3) is 0.462. The van der Waals surface area contributed by atoms with Gasteiger partial charge in [0.25, 0.3) is 0 Å². The second-order valence-electron chi connectivity index (χ2n) is 4.63. The molecule has 1 aliphatic rings. The minimum absolute atomic E-state index is 0.146. The van der Waals surface area contributed by atoms with Crippen LogP contribution in [-0.2, 0) is 4.79 Å². The van der Waals surface area contributed by atoms with E-state index in [1.54, 1.807) is 6.20 Å². The average Bonchev–Trinajstić information content (AvgIpc) is 2.38. The molecule has 18 heavy (non-hydrogen) atoms. The van der Waals surface area contributed by atoms with Crippen LogP contribution >= 0.6 is 0 Å². The lowest BCUT2D eigenvalue weighted by molar-refractivity contribution is -0.122. The van der Waals surface area contributed by atoms with Crippen molar-refractivity contribution >= 4 is 11.7 Å². The van der Waals surface area contributed by atoms with Crippen LogP contribution in [0.4, 0.5) is 5.82 Å². The third-order valence-corrected chi connectivity index (χ3v) is 3.37. The maximum absolute atomic E-state index is 11.3. The van der Waals surface area contributed by atoms with Crippen molar-refractivity contribution in [2.75, 3.05) is 18.0 Å². The van der Waals surface area contributed by atoms with Gasteiger partial charge in [0.1, 0.15) is 11.9 Å². The van der Waals surface area contributed by atoms with E-state index in [4.69, 9.17) is 5.73 Å². The van der Waals surface area contributed by atoms with Gasteiger partial charge in [0.15, 0.2) is 0 Å². The smallest absolute Gasteiger partial charge is 0.222 e. The molecule has 1 atom stereocenters. The number of piperidine rings is 1. The highest BCUT2D eigenvalue weighted by atomic mass is 16.1. The summed E-state index contributed by atoms with van der Waals surface area (Å²) in [5, 5.41) is 9.20. The highest BCUT2D eigenvalue weighted by Gasteiger charge is 2.26. The summed E-state index contributed by atoms with van der Waals surface area (Å²) in [5.74, 6) is 0.252. The summed E-state index contributed by atoms with van der Waals surface area (Å²) in [6.07, 6.45) is 3.41. The highest BCUT2D eigenvalue weighted by Crippen LogP contribution is 2.25. The SMILES string of the molecule is Cc1ccnc(N2CCCC(C(N)=O)C2)c1C#N. The molecule has 2 heterocycles. The Kier molecular flexibility index (Phi) is 3.47. The molecule has 2 N–H and O–H groups in total. The number of anilines is 1. The summed E-state index contributed by atoms with van der Waals surface area (Å²) in [6.45, 7) is 3.26. The molecule has 94 valence electrons. The van der Waals surface area contributed by atoms with Crippen molar-refractivity contribution < 1.29 is 4.79 Å². The molecule has 0 saturated carbocycles. The number of hydrogen-bond donors (Lipinski definition) is 1. The topological polar surface area (TPSA) is 83.0 Å². The summed E-state index contributed by atoms with van der Waals surface area (Å²) in [6, 6.07) is 4.00. The van der Waals surface area contributed by atoms with Crippen LogP contribution in [0.3, 0.4) is 0 Å². The van der Waals surface area contributed by atoms with Crippen LogP contribution in [0.2, 0.25) is 0 Å². The molecule has 0 spiro atoms. The van der Waals surface area contributed by atoms with Crippen molar-refractivity contribution in [3.05, 3.63) is 23.4 Å². The Labute approximate surface area is 106 Å². The molecule has 2 rings (SSSR count). The van der Waals surface area contributed by atoms with Crippen molar-refractivity contribution in [1.29, 1.82) is 5.26 Å². The molecule has 0 aromatic carbocycles. The van der Waals surface area contributed by atoms with Crippen LogP contribution in [0.1, 0.15) is 24.0 Å². The van der Waals surface area contributed by atoms with Gasteiger partial charge in [0.05, 0.1) is 11.5 Å². The van der Waals surface area contributed by atoms with E-state index in [2.05, 4.69) is 11.1 Å². The van der Waals surface area contributed by atoms with Crippen molar-refractivity contribution in [3.63, 3.8) is 0 Å². The molecule has 1 unspecified atom stereocenters. The number of aromatic nitrogens is 1. The molecule has 0 bridgehead atoms. The Morgan fingerprint density at radius 3 is 3.11 bits per heavy atom. The number of carbonyl (C=O) groups is 1. The molecule has 5 nitrogen and oxygen atoms in total. The number of aryl methyl sites for hydroxylation is 1. The van der Waals surface area contributed by atoms with E-state index in [1.807, 2.05) is 17.9 Å². The van der Waals surface area contributed by atoms with Crippen LogP contribution in [-0.4, -0.2) is 24.0 Å². The number of amides is 1. The van der Waals surface area contributed by atoms with Crippen LogP contribution in [0, 0.1) is 24.2 Å². The van der Waals surface area contributed by atoms with Gasteiger partial charge in [-0.1, -0.05) is 0 Å². The zero-order valence-electron chi connectivity index (χ0n) is 10.4. The number of nitrogens with zero attached hydrogens (tertiary/aromatic N) is 3. The first-order chi connectivity index (χ1) is 8.63. The lowest BCUT2D eigenvalue weighted by Gasteiger charge is -2.32. The fourth-order valence-electron chi connectivity index (χ4n) is 2.32. The Bertz CT molecular complexity index is 506. The van der Waals surface area contributed by atoms with Gasteiger partial charge >= 0.3 is 0 Å². The lowest BCUT2D eigenvalue weighted by atomic mass is 9.97. The second-order valence-corrected chi connectivity index (χ2v) is 4.63. The molecule has 0 radical (unpaired) electrons. The molecular formula is C13H16N4O. The van der Waals surface area contributed by atoms with Gasteiger partial charge in [0.2, 0.25) is 5.91 Å². The van der Waals surface area contributed by atoms with E-state index < -0.39 is 0 Å². The van der Waals surface area contributed by atoms with Crippen LogP contribution in [0.15, 0.2) is 12.3 Å². The van der Waals surface area contributed by atoms with E-state index in [1.165, 1.54) is 0 Å². The van der Waals surface area contributed by atoms with Gasteiger partial charge in [0, 0.05) is 19.3 Å². The Morgan fingerprint density at radius 2 is 2.44 bits per heavy atom. The summed E-state index contributed by atoms with van der Waals surface area (Å²) in [5.41, 5.74) is 6.85. The lowest BCUT2D eigenvalue weighted by Crippen LogP contribution is -2.41. The molecule has 1 fully saturated rings. The maximum atomic E-state index is 11.3. The quantitative estimate of drug-likeness (QED) is 0.840. The predicted molar refractivity (Wildman–Crippen MR) is 67.8 cm³/mol. The number of pyridine rings is 1.